The van der Waals surface area contributed by atoms with Gasteiger partial charge in [0.1, 0.15) is 5.82 Å². The molecule has 0 amide bonds. The van der Waals surface area contributed by atoms with Crippen molar-refractivity contribution in [3.8, 4) is 11.1 Å². The van der Waals surface area contributed by atoms with Gasteiger partial charge in [0.05, 0.1) is 6.10 Å². The molecule has 0 fully saturated rings. The monoisotopic (exact) mass is 328 g/mol. The van der Waals surface area contributed by atoms with Crippen molar-refractivity contribution in [3.05, 3.63) is 78.4 Å². The molecule has 3 aromatic rings. The van der Waals surface area contributed by atoms with Crippen LogP contribution < -0.4 is 0 Å². The first-order valence-corrected chi connectivity index (χ1v) is 7.56. The summed E-state index contributed by atoms with van der Waals surface area (Å²) in [6, 6.07) is 18.4. The van der Waals surface area contributed by atoms with E-state index in [0.717, 1.165) is 23.4 Å². The predicted molar refractivity (Wildman–Crippen MR) is 95.5 cm³/mol. The summed E-state index contributed by atoms with van der Waals surface area (Å²) in [5.74, 6) is 1.01. The molecule has 4 heteroatoms. The topological polar surface area (TPSA) is 48.9 Å². The molecule has 1 aromatic heterocycles. The van der Waals surface area contributed by atoms with E-state index in [1.165, 1.54) is 5.56 Å². The summed E-state index contributed by atoms with van der Waals surface area (Å²) in [6.45, 7) is 2.04. The van der Waals surface area contributed by atoms with Gasteiger partial charge < -0.3 is 10.1 Å². The summed E-state index contributed by atoms with van der Waals surface area (Å²) in [7, 11) is 0. The number of nitrogens with one attached hydrogen (secondary N) is 1. The fourth-order valence-electron chi connectivity index (χ4n) is 2.66. The minimum atomic E-state index is -0.491. The summed E-state index contributed by atoms with van der Waals surface area (Å²) in [4.78, 5) is 7.30. The van der Waals surface area contributed by atoms with Crippen molar-refractivity contribution in [3.63, 3.8) is 0 Å². The van der Waals surface area contributed by atoms with Gasteiger partial charge in [-0.2, -0.15) is 0 Å². The first kappa shape index (κ1) is 17.3. The molecular weight excluding hydrogens is 308 g/mol. The minimum absolute atomic E-state index is 0. The van der Waals surface area contributed by atoms with E-state index in [9.17, 15) is 5.11 Å². The average molecular weight is 329 g/mol. The lowest BCUT2D eigenvalue weighted by Gasteiger charge is -2.18. The molecule has 1 heterocycles. The van der Waals surface area contributed by atoms with Crippen LogP contribution in [0.25, 0.3) is 11.1 Å². The largest absolute Gasteiger partial charge is 0.388 e. The van der Waals surface area contributed by atoms with Crippen LogP contribution >= 0.6 is 12.4 Å². The van der Waals surface area contributed by atoms with Crippen molar-refractivity contribution in [1.82, 2.24) is 9.97 Å². The van der Waals surface area contributed by atoms with Gasteiger partial charge in [0.2, 0.25) is 0 Å². The molecule has 0 spiro atoms. The normalized spacial score (nSPS) is 13.1. The Morgan fingerprint density at radius 3 is 2.26 bits per heavy atom. The van der Waals surface area contributed by atoms with E-state index in [0.29, 0.717) is 0 Å². The lowest BCUT2D eigenvalue weighted by molar-refractivity contribution is 0.116. The molecule has 3 rings (SSSR count). The van der Waals surface area contributed by atoms with E-state index in [1.54, 1.807) is 6.20 Å². The van der Waals surface area contributed by atoms with E-state index in [1.807, 2.05) is 43.5 Å². The molecule has 0 aliphatic carbocycles. The molecule has 0 saturated carbocycles. The zero-order valence-corrected chi connectivity index (χ0v) is 13.8. The Labute approximate surface area is 142 Å². The molecule has 23 heavy (non-hydrogen) atoms. The zero-order chi connectivity index (χ0) is 15.4. The first-order valence-electron chi connectivity index (χ1n) is 7.56. The highest BCUT2D eigenvalue weighted by molar-refractivity contribution is 5.85. The molecule has 2 unspecified atom stereocenters. The Bertz CT molecular complexity index is 696. The van der Waals surface area contributed by atoms with Crippen molar-refractivity contribution in [2.24, 2.45) is 5.92 Å². The smallest absolute Gasteiger partial charge is 0.106 e. The summed E-state index contributed by atoms with van der Waals surface area (Å²) in [5.41, 5.74) is 3.29. The lowest BCUT2D eigenvalue weighted by atomic mass is 9.93. The van der Waals surface area contributed by atoms with Crippen molar-refractivity contribution in [1.29, 1.82) is 0 Å². The third-order valence-electron chi connectivity index (χ3n) is 3.97. The number of hydrogen-bond donors (Lipinski definition) is 2. The first-order chi connectivity index (χ1) is 10.7. The van der Waals surface area contributed by atoms with Gasteiger partial charge in [-0.3, -0.25) is 0 Å². The number of halogens is 1. The molecule has 2 aromatic carbocycles. The number of hydrogen-bond acceptors (Lipinski definition) is 2. The van der Waals surface area contributed by atoms with Crippen molar-refractivity contribution < 1.29 is 5.11 Å². The van der Waals surface area contributed by atoms with Gasteiger partial charge in [0.15, 0.2) is 0 Å². The molecule has 2 N–H and O–H groups in total. The highest BCUT2D eigenvalue weighted by Crippen LogP contribution is 2.27. The van der Waals surface area contributed by atoms with Crippen LogP contribution in [0.5, 0.6) is 0 Å². The number of H-pyrrole nitrogens is 1. The third-order valence-corrected chi connectivity index (χ3v) is 3.97. The maximum Gasteiger partial charge on any atom is 0.106 e. The van der Waals surface area contributed by atoms with Gasteiger partial charge in [-0.05, 0) is 22.6 Å². The number of rotatable bonds is 5. The van der Waals surface area contributed by atoms with E-state index >= 15 is 0 Å². The van der Waals surface area contributed by atoms with Crippen LogP contribution in [0.4, 0.5) is 0 Å². The second kappa shape index (κ2) is 7.95. The van der Waals surface area contributed by atoms with E-state index in [2.05, 4.69) is 34.2 Å². The highest BCUT2D eigenvalue weighted by atomic mass is 35.5. The number of nitrogens with zero attached hydrogens (tertiary/aromatic N) is 1. The molecule has 0 aliphatic rings. The second-order valence-corrected chi connectivity index (χ2v) is 5.65. The number of aromatic amines is 1. The minimum Gasteiger partial charge on any atom is -0.388 e. The summed E-state index contributed by atoms with van der Waals surface area (Å²) < 4.78 is 0. The number of aliphatic hydroxyl groups excluding tert-OH is 1. The summed E-state index contributed by atoms with van der Waals surface area (Å²) in [6.07, 6.45) is 3.79. The van der Waals surface area contributed by atoms with Crippen LogP contribution in [-0.4, -0.2) is 15.1 Å². The van der Waals surface area contributed by atoms with Gasteiger partial charge in [-0.25, -0.2) is 4.98 Å². The van der Waals surface area contributed by atoms with Gasteiger partial charge in [0, 0.05) is 18.8 Å². The summed E-state index contributed by atoms with van der Waals surface area (Å²) >= 11 is 0. The van der Waals surface area contributed by atoms with E-state index < -0.39 is 6.10 Å². The van der Waals surface area contributed by atoms with E-state index in [4.69, 9.17) is 0 Å². The van der Waals surface area contributed by atoms with Gasteiger partial charge >= 0.3 is 0 Å². The fraction of sp³-hybridized carbons (Fsp3) is 0.211. The maximum absolute atomic E-state index is 10.5. The van der Waals surface area contributed by atoms with Crippen molar-refractivity contribution >= 4 is 12.4 Å². The Hall–Kier alpha value is -2.10. The SMILES string of the molecule is CC(Cc1ncc[nH]1)C(O)c1ccc(-c2ccccc2)cc1.Cl. The lowest BCUT2D eigenvalue weighted by Crippen LogP contribution is -2.12. The Morgan fingerprint density at radius 2 is 1.65 bits per heavy atom. The second-order valence-electron chi connectivity index (χ2n) is 5.65. The van der Waals surface area contributed by atoms with Crippen LogP contribution in [0.15, 0.2) is 67.0 Å². The zero-order valence-electron chi connectivity index (χ0n) is 13.0. The van der Waals surface area contributed by atoms with Crippen LogP contribution in [0, 0.1) is 5.92 Å². The van der Waals surface area contributed by atoms with Crippen molar-refractivity contribution in [2.45, 2.75) is 19.4 Å². The molecule has 0 bridgehead atoms. The molecule has 0 aliphatic heterocycles. The quantitative estimate of drug-likeness (QED) is 0.728. The van der Waals surface area contributed by atoms with Gasteiger partial charge in [-0.1, -0.05) is 61.5 Å². The number of imidazole rings is 1. The molecular formula is C19H21ClN2O. The van der Waals surface area contributed by atoms with Crippen LogP contribution in [-0.2, 0) is 6.42 Å². The Kier molecular flexibility index (Phi) is 5.97. The van der Waals surface area contributed by atoms with Crippen LogP contribution in [0.3, 0.4) is 0 Å². The molecule has 120 valence electrons. The third kappa shape index (κ3) is 4.21. The van der Waals surface area contributed by atoms with Crippen molar-refractivity contribution in [2.75, 3.05) is 0 Å². The average Bonchev–Trinajstić information content (AvgIpc) is 3.08. The number of aromatic nitrogens is 2. The fourth-order valence-corrected chi connectivity index (χ4v) is 2.66. The number of aliphatic hydroxyl groups is 1. The summed E-state index contributed by atoms with van der Waals surface area (Å²) in [5, 5.41) is 10.5. The van der Waals surface area contributed by atoms with Gasteiger partial charge in [0.25, 0.3) is 0 Å². The van der Waals surface area contributed by atoms with Crippen LogP contribution in [0.1, 0.15) is 24.4 Å². The molecule has 3 nitrogen and oxygen atoms in total. The maximum atomic E-state index is 10.5. The predicted octanol–water partition coefficient (Wildman–Crippen LogP) is 4.41. The Balaban J connectivity index is 0.00000192. The molecule has 0 radical (unpaired) electrons. The Morgan fingerprint density at radius 1 is 1.00 bits per heavy atom. The highest BCUT2D eigenvalue weighted by Gasteiger charge is 2.17. The van der Waals surface area contributed by atoms with E-state index in [-0.39, 0.29) is 18.3 Å². The standard InChI is InChI=1S/C19H20N2O.ClH/c1-14(13-18-20-11-12-21-18)19(22)17-9-7-16(8-10-17)15-5-3-2-4-6-15;/h2-12,14,19,22H,13H2,1H3,(H,20,21);1H. The molecule has 0 saturated heterocycles. The van der Waals surface area contributed by atoms with Gasteiger partial charge in [-0.15, -0.1) is 12.4 Å². The molecule has 2 atom stereocenters. The van der Waals surface area contributed by atoms with Crippen LogP contribution in [0.2, 0.25) is 0 Å². The number of benzene rings is 2.